The fraction of sp³-hybridized carbons (Fsp3) is 0.182. The van der Waals surface area contributed by atoms with Crippen molar-refractivity contribution in [1.29, 1.82) is 0 Å². The van der Waals surface area contributed by atoms with Crippen molar-refractivity contribution in [2.24, 2.45) is 0 Å². The van der Waals surface area contributed by atoms with Gasteiger partial charge in [0.1, 0.15) is 6.33 Å². The summed E-state index contributed by atoms with van der Waals surface area (Å²) in [6, 6.07) is 5.36. The molecule has 0 fully saturated rings. The van der Waals surface area contributed by atoms with Crippen LogP contribution in [0, 0.1) is 6.92 Å². The van der Waals surface area contributed by atoms with E-state index >= 15 is 0 Å². The summed E-state index contributed by atoms with van der Waals surface area (Å²) in [6.45, 7) is 1.85. The van der Waals surface area contributed by atoms with Crippen LogP contribution in [0.25, 0.3) is 0 Å². The Morgan fingerprint density at radius 2 is 2.37 bits per heavy atom. The molecule has 0 unspecified atom stereocenters. The number of benzene rings is 1. The third-order valence-electron chi connectivity index (χ3n) is 2.41. The van der Waals surface area contributed by atoms with Crippen molar-refractivity contribution in [3.63, 3.8) is 0 Å². The van der Waals surface area contributed by atoms with E-state index in [2.05, 4.69) is 15.5 Å². The fourth-order valence-corrected chi connectivity index (χ4v) is 2.20. The zero-order valence-electron chi connectivity index (χ0n) is 10.1. The van der Waals surface area contributed by atoms with Crippen LogP contribution in [0.4, 0.5) is 5.69 Å². The number of aromatic nitrogens is 3. The summed E-state index contributed by atoms with van der Waals surface area (Å²) in [5.74, 6) is 5.59. The van der Waals surface area contributed by atoms with Crippen LogP contribution in [0.2, 0.25) is 5.02 Å². The first-order chi connectivity index (χ1) is 9.08. The molecule has 0 bridgehead atoms. The van der Waals surface area contributed by atoms with Gasteiger partial charge in [0, 0.05) is 10.7 Å². The predicted octanol–water partition coefficient (Wildman–Crippen LogP) is 1.68. The van der Waals surface area contributed by atoms with Gasteiger partial charge in [-0.05, 0) is 24.6 Å². The molecule has 1 heterocycles. The van der Waals surface area contributed by atoms with Crippen LogP contribution in [0.5, 0.6) is 0 Å². The van der Waals surface area contributed by atoms with Gasteiger partial charge in [0.25, 0.3) is 0 Å². The number of hydrogen-bond donors (Lipinski definition) is 2. The van der Waals surface area contributed by atoms with Crippen LogP contribution >= 0.6 is 23.4 Å². The summed E-state index contributed by atoms with van der Waals surface area (Å²) in [7, 11) is 0. The quantitative estimate of drug-likeness (QED) is 0.662. The third kappa shape index (κ3) is 3.39. The zero-order valence-corrected chi connectivity index (χ0v) is 11.7. The van der Waals surface area contributed by atoms with E-state index in [0.29, 0.717) is 15.9 Å². The van der Waals surface area contributed by atoms with Crippen molar-refractivity contribution < 1.29 is 4.79 Å². The van der Waals surface area contributed by atoms with E-state index in [1.54, 1.807) is 18.2 Å². The number of carbonyl (C=O) groups excluding carboxylic acids is 1. The minimum atomic E-state index is -0.154. The topological polar surface area (TPSA) is 85.8 Å². The maximum absolute atomic E-state index is 11.8. The van der Waals surface area contributed by atoms with Gasteiger partial charge in [-0.15, -0.1) is 10.2 Å². The molecule has 0 saturated carbocycles. The molecule has 0 saturated heterocycles. The lowest BCUT2D eigenvalue weighted by atomic mass is 10.2. The van der Waals surface area contributed by atoms with Crippen LogP contribution in [0.1, 0.15) is 5.56 Å². The first-order valence-electron chi connectivity index (χ1n) is 5.41. The minimum absolute atomic E-state index is 0.154. The van der Waals surface area contributed by atoms with Crippen molar-refractivity contribution in [1.82, 2.24) is 14.9 Å². The van der Waals surface area contributed by atoms with Gasteiger partial charge in [-0.2, -0.15) is 0 Å². The number of nitrogens with two attached hydrogens (primary N) is 1. The Morgan fingerprint density at radius 3 is 3.05 bits per heavy atom. The SMILES string of the molecule is Cc1c(Cl)cccc1NC(=O)CSc1nncn1N. The van der Waals surface area contributed by atoms with E-state index in [9.17, 15) is 4.79 Å². The summed E-state index contributed by atoms with van der Waals surface area (Å²) in [4.78, 5) is 11.8. The molecule has 100 valence electrons. The van der Waals surface area contributed by atoms with Crippen molar-refractivity contribution >= 4 is 35.0 Å². The first kappa shape index (κ1) is 13.7. The summed E-state index contributed by atoms with van der Waals surface area (Å²) in [5.41, 5.74) is 1.54. The van der Waals surface area contributed by atoms with Crippen LogP contribution in [-0.2, 0) is 4.79 Å². The number of hydrogen-bond acceptors (Lipinski definition) is 5. The third-order valence-corrected chi connectivity index (χ3v) is 3.78. The molecule has 3 N–H and O–H groups in total. The molecule has 2 aromatic rings. The van der Waals surface area contributed by atoms with E-state index in [0.717, 1.165) is 5.56 Å². The average Bonchev–Trinajstić information content (AvgIpc) is 2.78. The molecule has 0 aliphatic carbocycles. The number of rotatable bonds is 4. The second-order valence-corrected chi connectivity index (χ2v) is 5.12. The molecule has 0 radical (unpaired) electrons. The monoisotopic (exact) mass is 297 g/mol. The van der Waals surface area contributed by atoms with E-state index in [1.165, 1.54) is 22.8 Å². The fourth-order valence-electron chi connectivity index (χ4n) is 1.39. The molecular formula is C11H12ClN5OS. The number of nitrogens with zero attached hydrogens (tertiary/aromatic N) is 3. The van der Waals surface area contributed by atoms with Gasteiger partial charge in [0.15, 0.2) is 0 Å². The highest BCUT2D eigenvalue weighted by atomic mass is 35.5. The number of halogens is 1. The van der Waals surface area contributed by atoms with E-state index in [-0.39, 0.29) is 11.7 Å². The molecule has 2 rings (SSSR count). The van der Waals surface area contributed by atoms with Crippen molar-refractivity contribution in [2.75, 3.05) is 16.9 Å². The molecule has 0 aliphatic heterocycles. The molecule has 1 aromatic heterocycles. The Morgan fingerprint density at radius 1 is 1.58 bits per heavy atom. The molecule has 1 aromatic carbocycles. The van der Waals surface area contributed by atoms with Crippen molar-refractivity contribution in [2.45, 2.75) is 12.1 Å². The highest BCUT2D eigenvalue weighted by Gasteiger charge is 2.09. The Balaban J connectivity index is 1.95. The molecule has 0 spiro atoms. The number of thioether (sulfide) groups is 1. The van der Waals surface area contributed by atoms with E-state index < -0.39 is 0 Å². The van der Waals surface area contributed by atoms with Crippen LogP contribution < -0.4 is 11.2 Å². The maximum atomic E-state index is 11.8. The predicted molar refractivity (Wildman–Crippen MR) is 75.7 cm³/mol. The van der Waals surface area contributed by atoms with Gasteiger partial charge in [-0.3, -0.25) is 4.79 Å². The second-order valence-electron chi connectivity index (χ2n) is 3.77. The largest absolute Gasteiger partial charge is 0.336 e. The number of nitrogens with one attached hydrogen (secondary N) is 1. The lowest BCUT2D eigenvalue weighted by Crippen LogP contribution is -2.16. The highest BCUT2D eigenvalue weighted by molar-refractivity contribution is 7.99. The summed E-state index contributed by atoms with van der Waals surface area (Å²) in [6.07, 6.45) is 1.38. The standard InChI is InChI=1S/C11H12ClN5OS/c1-7-8(12)3-2-4-9(7)15-10(18)5-19-11-16-14-6-17(11)13/h2-4,6H,5,13H2,1H3,(H,15,18). The van der Waals surface area contributed by atoms with Gasteiger partial charge >= 0.3 is 0 Å². The first-order valence-corrected chi connectivity index (χ1v) is 6.77. The van der Waals surface area contributed by atoms with Crippen LogP contribution in [-0.4, -0.2) is 26.5 Å². The van der Waals surface area contributed by atoms with Gasteiger partial charge in [-0.25, -0.2) is 4.68 Å². The number of nitrogen functional groups attached to an aromatic ring is 1. The molecule has 8 heteroatoms. The average molecular weight is 298 g/mol. The number of anilines is 1. The number of amides is 1. The number of carbonyl (C=O) groups is 1. The maximum Gasteiger partial charge on any atom is 0.234 e. The van der Waals surface area contributed by atoms with Crippen LogP contribution in [0.3, 0.4) is 0 Å². The summed E-state index contributed by atoms with van der Waals surface area (Å²) in [5, 5.41) is 11.3. The highest BCUT2D eigenvalue weighted by Crippen LogP contribution is 2.23. The molecular weight excluding hydrogens is 286 g/mol. The Bertz CT molecular complexity index is 601. The lowest BCUT2D eigenvalue weighted by Gasteiger charge is -2.08. The van der Waals surface area contributed by atoms with Gasteiger partial charge in [0.05, 0.1) is 5.75 Å². The van der Waals surface area contributed by atoms with Crippen molar-refractivity contribution in [3.8, 4) is 0 Å². The van der Waals surface area contributed by atoms with E-state index in [1.807, 2.05) is 6.92 Å². The van der Waals surface area contributed by atoms with Gasteiger partial charge in [0.2, 0.25) is 11.1 Å². The Kier molecular flexibility index (Phi) is 4.28. The molecule has 6 nitrogen and oxygen atoms in total. The summed E-state index contributed by atoms with van der Waals surface area (Å²) >= 11 is 7.19. The minimum Gasteiger partial charge on any atom is -0.336 e. The Labute approximate surface area is 119 Å². The van der Waals surface area contributed by atoms with Gasteiger partial charge in [-0.1, -0.05) is 29.4 Å². The molecule has 0 aliphatic rings. The van der Waals surface area contributed by atoms with Gasteiger partial charge < -0.3 is 11.2 Å². The molecule has 0 atom stereocenters. The van der Waals surface area contributed by atoms with E-state index in [4.69, 9.17) is 17.4 Å². The zero-order chi connectivity index (χ0) is 13.8. The normalized spacial score (nSPS) is 10.4. The Hall–Kier alpha value is -1.73. The molecule has 1 amide bonds. The van der Waals surface area contributed by atoms with Crippen LogP contribution in [0.15, 0.2) is 29.7 Å². The second kappa shape index (κ2) is 5.94. The summed E-state index contributed by atoms with van der Waals surface area (Å²) < 4.78 is 1.27. The molecule has 19 heavy (non-hydrogen) atoms. The van der Waals surface area contributed by atoms with Crippen molar-refractivity contribution in [3.05, 3.63) is 35.1 Å². The smallest absolute Gasteiger partial charge is 0.234 e. The lowest BCUT2D eigenvalue weighted by molar-refractivity contribution is -0.113.